The lowest BCUT2D eigenvalue weighted by atomic mass is 10.0. The van der Waals surface area contributed by atoms with Crippen LogP contribution >= 0.6 is 0 Å². The lowest BCUT2D eigenvalue weighted by molar-refractivity contribution is 0.0949. The summed E-state index contributed by atoms with van der Waals surface area (Å²) in [4.78, 5) is 19.1. The van der Waals surface area contributed by atoms with Crippen molar-refractivity contribution >= 4 is 5.91 Å². The van der Waals surface area contributed by atoms with E-state index in [0.29, 0.717) is 18.0 Å². The molecule has 1 amide bonds. The van der Waals surface area contributed by atoms with Gasteiger partial charge in [-0.3, -0.25) is 4.79 Å². The van der Waals surface area contributed by atoms with Crippen LogP contribution in [0.3, 0.4) is 0 Å². The van der Waals surface area contributed by atoms with Gasteiger partial charge in [0.05, 0.1) is 5.56 Å². The standard InChI is InChI=1S/C11H18N4O/c1-8(2)3-10(12)6-15-11(16)9-4-13-7-14-5-9/h4-5,7-8,10H,3,6,12H2,1-2H3,(H,15,16). The van der Waals surface area contributed by atoms with Gasteiger partial charge in [0.1, 0.15) is 6.33 Å². The van der Waals surface area contributed by atoms with E-state index in [4.69, 9.17) is 5.73 Å². The number of aromatic nitrogens is 2. The van der Waals surface area contributed by atoms with E-state index < -0.39 is 0 Å². The molecule has 1 atom stereocenters. The molecule has 3 N–H and O–H groups in total. The molecule has 0 aliphatic carbocycles. The smallest absolute Gasteiger partial charge is 0.254 e. The van der Waals surface area contributed by atoms with Crippen LogP contribution in [-0.4, -0.2) is 28.5 Å². The third kappa shape index (κ3) is 4.35. The number of carbonyl (C=O) groups excluding carboxylic acids is 1. The van der Waals surface area contributed by atoms with E-state index in [9.17, 15) is 4.79 Å². The molecule has 1 aromatic rings. The Balaban J connectivity index is 2.36. The molecule has 0 saturated carbocycles. The zero-order valence-corrected chi connectivity index (χ0v) is 9.68. The van der Waals surface area contributed by atoms with E-state index in [1.54, 1.807) is 0 Å². The first kappa shape index (κ1) is 12.6. The minimum atomic E-state index is -0.181. The van der Waals surface area contributed by atoms with Gasteiger partial charge in [-0.05, 0) is 12.3 Å². The molecule has 0 bridgehead atoms. The Morgan fingerprint density at radius 2 is 2.06 bits per heavy atom. The first-order valence-electron chi connectivity index (χ1n) is 5.38. The maximum absolute atomic E-state index is 11.6. The van der Waals surface area contributed by atoms with Crippen molar-refractivity contribution in [1.29, 1.82) is 0 Å². The first-order chi connectivity index (χ1) is 7.59. The molecule has 0 aliphatic heterocycles. The summed E-state index contributed by atoms with van der Waals surface area (Å²) in [5.41, 5.74) is 6.31. The third-order valence-corrected chi connectivity index (χ3v) is 2.12. The van der Waals surface area contributed by atoms with Gasteiger partial charge >= 0.3 is 0 Å². The van der Waals surface area contributed by atoms with Gasteiger partial charge < -0.3 is 11.1 Å². The predicted molar refractivity (Wildman–Crippen MR) is 61.8 cm³/mol. The van der Waals surface area contributed by atoms with Gasteiger partial charge in [0.25, 0.3) is 5.91 Å². The fourth-order valence-corrected chi connectivity index (χ4v) is 1.43. The predicted octanol–water partition coefficient (Wildman–Crippen LogP) is 0.580. The summed E-state index contributed by atoms with van der Waals surface area (Å²) in [5, 5.41) is 2.76. The second-order valence-electron chi connectivity index (χ2n) is 4.23. The fourth-order valence-electron chi connectivity index (χ4n) is 1.43. The van der Waals surface area contributed by atoms with Crippen LogP contribution in [0.15, 0.2) is 18.7 Å². The van der Waals surface area contributed by atoms with Crippen molar-refractivity contribution < 1.29 is 4.79 Å². The Kier molecular flexibility index (Phi) is 4.85. The average molecular weight is 222 g/mol. The molecule has 0 saturated heterocycles. The molecule has 5 nitrogen and oxygen atoms in total. The molecule has 1 heterocycles. The SMILES string of the molecule is CC(C)CC(N)CNC(=O)c1cncnc1. The summed E-state index contributed by atoms with van der Waals surface area (Å²) in [6.07, 6.45) is 5.25. The quantitative estimate of drug-likeness (QED) is 0.763. The number of rotatable bonds is 5. The Morgan fingerprint density at radius 1 is 1.44 bits per heavy atom. The number of nitrogens with two attached hydrogens (primary N) is 1. The maximum Gasteiger partial charge on any atom is 0.254 e. The monoisotopic (exact) mass is 222 g/mol. The van der Waals surface area contributed by atoms with E-state index in [2.05, 4.69) is 29.1 Å². The summed E-state index contributed by atoms with van der Waals surface area (Å²) < 4.78 is 0. The Labute approximate surface area is 95.5 Å². The minimum Gasteiger partial charge on any atom is -0.350 e. The van der Waals surface area contributed by atoms with E-state index in [1.807, 2.05) is 0 Å². The normalized spacial score (nSPS) is 12.5. The largest absolute Gasteiger partial charge is 0.350 e. The van der Waals surface area contributed by atoms with Crippen LogP contribution in [0, 0.1) is 5.92 Å². The second kappa shape index (κ2) is 6.17. The molecule has 0 fully saturated rings. The van der Waals surface area contributed by atoms with Crippen LogP contribution in [0.25, 0.3) is 0 Å². The molecular formula is C11H18N4O. The summed E-state index contributed by atoms with van der Waals surface area (Å²) >= 11 is 0. The molecule has 0 aromatic carbocycles. The minimum absolute atomic E-state index is 0.00594. The number of hydrogen-bond donors (Lipinski definition) is 2. The number of nitrogens with one attached hydrogen (secondary N) is 1. The number of nitrogens with zero attached hydrogens (tertiary/aromatic N) is 2. The van der Waals surface area contributed by atoms with Crippen molar-refractivity contribution in [3.63, 3.8) is 0 Å². The molecule has 0 aliphatic rings. The zero-order valence-electron chi connectivity index (χ0n) is 9.68. The van der Waals surface area contributed by atoms with Gasteiger partial charge in [0.2, 0.25) is 0 Å². The molecule has 0 spiro atoms. The van der Waals surface area contributed by atoms with Gasteiger partial charge in [-0.25, -0.2) is 9.97 Å². The van der Waals surface area contributed by atoms with Crippen molar-refractivity contribution in [3.05, 3.63) is 24.3 Å². The first-order valence-corrected chi connectivity index (χ1v) is 5.38. The van der Waals surface area contributed by atoms with Gasteiger partial charge in [-0.2, -0.15) is 0 Å². The molecular weight excluding hydrogens is 204 g/mol. The van der Waals surface area contributed by atoms with Crippen LogP contribution < -0.4 is 11.1 Å². The molecule has 16 heavy (non-hydrogen) atoms. The Hall–Kier alpha value is -1.49. The third-order valence-electron chi connectivity index (χ3n) is 2.12. The van der Waals surface area contributed by atoms with E-state index in [-0.39, 0.29) is 11.9 Å². The van der Waals surface area contributed by atoms with Crippen LogP contribution in [0.4, 0.5) is 0 Å². The maximum atomic E-state index is 11.6. The van der Waals surface area contributed by atoms with E-state index >= 15 is 0 Å². The van der Waals surface area contributed by atoms with Crippen LogP contribution in [-0.2, 0) is 0 Å². The highest BCUT2D eigenvalue weighted by molar-refractivity contribution is 5.93. The van der Waals surface area contributed by atoms with E-state index in [0.717, 1.165) is 6.42 Å². The highest BCUT2D eigenvalue weighted by Gasteiger charge is 2.09. The van der Waals surface area contributed by atoms with E-state index in [1.165, 1.54) is 18.7 Å². The van der Waals surface area contributed by atoms with Crippen molar-refractivity contribution in [2.75, 3.05) is 6.54 Å². The highest BCUT2D eigenvalue weighted by atomic mass is 16.1. The second-order valence-corrected chi connectivity index (χ2v) is 4.23. The van der Waals surface area contributed by atoms with Crippen molar-refractivity contribution in [3.8, 4) is 0 Å². The lowest BCUT2D eigenvalue weighted by Crippen LogP contribution is -2.38. The Bertz CT molecular complexity index is 326. The van der Waals surface area contributed by atoms with Gasteiger partial charge in [0, 0.05) is 25.0 Å². The summed E-state index contributed by atoms with van der Waals surface area (Å²) in [6.45, 7) is 4.69. The molecule has 0 radical (unpaired) electrons. The molecule has 88 valence electrons. The van der Waals surface area contributed by atoms with Gasteiger partial charge in [-0.1, -0.05) is 13.8 Å². The summed E-state index contributed by atoms with van der Waals surface area (Å²) in [5.74, 6) is 0.353. The van der Waals surface area contributed by atoms with Gasteiger partial charge in [-0.15, -0.1) is 0 Å². The lowest BCUT2D eigenvalue weighted by Gasteiger charge is -2.14. The number of hydrogen-bond acceptors (Lipinski definition) is 4. The van der Waals surface area contributed by atoms with Crippen LogP contribution in [0.1, 0.15) is 30.6 Å². The summed E-state index contributed by atoms with van der Waals surface area (Å²) in [6, 6.07) is -0.00594. The van der Waals surface area contributed by atoms with Gasteiger partial charge in [0.15, 0.2) is 0 Å². The molecule has 5 heteroatoms. The summed E-state index contributed by atoms with van der Waals surface area (Å²) in [7, 11) is 0. The van der Waals surface area contributed by atoms with Crippen molar-refractivity contribution in [2.24, 2.45) is 11.7 Å². The fraction of sp³-hybridized carbons (Fsp3) is 0.545. The van der Waals surface area contributed by atoms with Crippen LogP contribution in [0.5, 0.6) is 0 Å². The highest BCUT2D eigenvalue weighted by Crippen LogP contribution is 2.01. The average Bonchev–Trinajstić information content (AvgIpc) is 2.26. The molecule has 1 rings (SSSR count). The number of carbonyl (C=O) groups is 1. The number of amides is 1. The van der Waals surface area contributed by atoms with Crippen molar-refractivity contribution in [1.82, 2.24) is 15.3 Å². The van der Waals surface area contributed by atoms with Crippen molar-refractivity contribution in [2.45, 2.75) is 26.3 Å². The topological polar surface area (TPSA) is 80.9 Å². The molecule has 1 unspecified atom stereocenters. The molecule has 1 aromatic heterocycles. The zero-order chi connectivity index (χ0) is 12.0. The Morgan fingerprint density at radius 3 is 2.62 bits per heavy atom. The van der Waals surface area contributed by atoms with Crippen LogP contribution in [0.2, 0.25) is 0 Å².